The molecule has 0 spiro atoms. The Labute approximate surface area is 195 Å². The van der Waals surface area contributed by atoms with Gasteiger partial charge < -0.3 is 15.0 Å². The van der Waals surface area contributed by atoms with Crippen LogP contribution in [0.15, 0.2) is 48.5 Å². The summed E-state index contributed by atoms with van der Waals surface area (Å²) >= 11 is 7.23. The van der Waals surface area contributed by atoms with E-state index in [1.165, 1.54) is 11.3 Å². The van der Waals surface area contributed by atoms with Gasteiger partial charge in [0.05, 0.1) is 0 Å². The zero-order valence-corrected chi connectivity index (χ0v) is 19.2. The highest BCUT2D eigenvalue weighted by Crippen LogP contribution is 2.29. The first-order valence-electron chi connectivity index (χ1n) is 10.4. The Morgan fingerprint density at radius 3 is 2.88 bits per heavy atom. The number of nitrogens with zero attached hydrogens (tertiary/aromatic N) is 3. The fourth-order valence-electron chi connectivity index (χ4n) is 3.59. The third kappa shape index (κ3) is 5.63. The van der Waals surface area contributed by atoms with Crippen molar-refractivity contribution >= 4 is 40.4 Å². The summed E-state index contributed by atoms with van der Waals surface area (Å²) in [6.45, 7) is 3.21. The summed E-state index contributed by atoms with van der Waals surface area (Å²) in [6.07, 6.45) is 1.76. The van der Waals surface area contributed by atoms with E-state index < -0.39 is 0 Å². The molecule has 0 bridgehead atoms. The summed E-state index contributed by atoms with van der Waals surface area (Å²) < 4.78 is 5.66. The molecule has 3 aromatic rings. The van der Waals surface area contributed by atoms with Gasteiger partial charge >= 0.3 is 0 Å². The lowest BCUT2D eigenvalue weighted by molar-refractivity contribution is -0.134. The highest BCUT2D eigenvalue weighted by Gasteiger charge is 2.28. The van der Waals surface area contributed by atoms with Crippen LogP contribution in [0.25, 0.3) is 0 Å². The molecule has 166 valence electrons. The van der Waals surface area contributed by atoms with Crippen molar-refractivity contribution in [3.8, 4) is 5.75 Å². The van der Waals surface area contributed by atoms with Crippen molar-refractivity contribution in [2.24, 2.45) is 0 Å². The molecule has 0 saturated carbocycles. The molecular formula is C23H23ClN4O3S. The van der Waals surface area contributed by atoms with Crippen LogP contribution in [0, 0.1) is 6.92 Å². The molecule has 1 aliphatic rings. The van der Waals surface area contributed by atoms with Crippen molar-refractivity contribution in [3.05, 3.63) is 69.1 Å². The second-order valence-electron chi connectivity index (χ2n) is 7.69. The minimum atomic E-state index is -0.327. The molecule has 1 atom stereocenters. The Morgan fingerprint density at radius 2 is 2.06 bits per heavy atom. The molecule has 2 heterocycles. The zero-order chi connectivity index (χ0) is 22.5. The van der Waals surface area contributed by atoms with Gasteiger partial charge in [0.1, 0.15) is 10.8 Å². The maximum absolute atomic E-state index is 12.7. The maximum Gasteiger partial charge on any atom is 0.286 e. The van der Waals surface area contributed by atoms with E-state index in [0.717, 1.165) is 23.4 Å². The van der Waals surface area contributed by atoms with E-state index in [-0.39, 0.29) is 29.3 Å². The maximum atomic E-state index is 12.7. The molecule has 0 radical (unpaired) electrons. The van der Waals surface area contributed by atoms with Crippen LogP contribution in [0.5, 0.6) is 5.75 Å². The van der Waals surface area contributed by atoms with Gasteiger partial charge in [-0.15, -0.1) is 10.2 Å². The highest BCUT2D eigenvalue weighted by atomic mass is 35.5. The van der Waals surface area contributed by atoms with Crippen LogP contribution >= 0.6 is 22.9 Å². The van der Waals surface area contributed by atoms with E-state index in [1.54, 1.807) is 29.2 Å². The van der Waals surface area contributed by atoms with Crippen molar-refractivity contribution < 1.29 is 14.3 Å². The smallest absolute Gasteiger partial charge is 0.286 e. The number of ether oxygens (including phenoxy) is 1. The van der Waals surface area contributed by atoms with Crippen LogP contribution < -0.4 is 10.1 Å². The van der Waals surface area contributed by atoms with Gasteiger partial charge in [-0.1, -0.05) is 41.1 Å². The van der Waals surface area contributed by atoms with Gasteiger partial charge in [-0.2, -0.15) is 0 Å². The van der Waals surface area contributed by atoms with Crippen LogP contribution in [0.1, 0.15) is 39.1 Å². The van der Waals surface area contributed by atoms with Gasteiger partial charge in [-0.3, -0.25) is 9.59 Å². The van der Waals surface area contributed by atoms with E-state index in [0.29, 0.717) is 29.5 Å². The number of aryl methyl sites for hydroxylation is 1. The number of amides is 2. The topological polar surface area (TPSA) is 84.4 Å². The van der Waals surface area contributed by atoms with Crippen LogP contribution in [-0.2, 0) is 4.79 Å². The third-order valence-electron chi connectivity index (χ3n) is 5.19. The number of anilines is 1. The molecule has 1 saturated heterocycles. The molecule has 1 aromatic heterocycles. The SMILES string of the molecule is Cc1cccc(OCC(=O)N2CCC[C@H](c3nnc(C(=O)Nc4cccc(Cl)c4)s3)C2)c1. The van der Waals surface area contributed by atoms with Gasteiger partial charge in [0.2, 0.25) is 5.01 Å². The number of aromatic nitrogens is 2. The normalized spacial score (nSPS) is 15.9. The van der Waals surface area contributed by atoms with Gasteiger partial charge in [0.15, 0.2) is 6.61 Å². The molecule has 1 aliphatic heterocycles. The molecule has 0 unspecified atom stereocenters. The fourth-order valence-corrected chi connectivity index (χ4v) is 4.64. The average molecular weight is 471 g/mol. The van der Waals surface area contributed by atoms with Crippen LogP contribution in [-0.4, -0.2) is 46.6 Å². The molecular weight excluding hydrogens is 448 g/mol. The summed E-state index contributed by atoms with van der Waals surface area (Å²) in [7, 11) is 0. The second-order valence-corrected chi connectivity index (χ2v) is 9.14. The van der Waals surface area contributed by atoms with E-state index in [9.17, 15) is 9.59 Å². The number of hydrogen-bond donors (Lipinski definition) is 1. The predicted octanol–water partition coefficient (Wildman–Crippen LogP) is 4.54. The van der Waals surface area contributed by atoms with Crippen LogP contribution in [0.2, 0.25) is 5.02 Å². The van der Waals surface area contributed by atoms with Crippen molar-refractivity contribution in [1.82, 2.24) is 15.1 Å². The molecule has 0 aliphatic carbocycles. The Morgan fingerprint density at radius 1 is 1.22 bits per heavy atom. The Balaban J connectivity index is 1.34. The Bertz CT molecular complexity index is 1120. The summed E-state index contributed by atoms with van der Waals surface area (Å²) in [5, 5.41) is 12.7. The summed E-state index contributed by atoms with van der Waals surface area (Å²) in [4.78, 5) is 27.0. The Hall–Kier alpha value is -2.97. The number of nitrogens with one attached hydrogen (secondary N) is 1. The lowest BCUT2D eigenvalue weighted by Gasteiger charge is -2.31. The van der Waals surface area contributed by atoms with Crippen LogP contribution in [0.3, 0.4) is 0 Å². The first-order chi connectivity index (χ1) is 15.5. The fraction of sp³-hybridized carbons (Fsp3) is 0.304. The average Bonchev–Trinajstić information content (AvgIpc) is 3.28. The van der Waals surface area contributed by atoms with Gasteiger partial charge in [0, 0.05) is 29.7 Å². The lowest BCUT2D eigenvalue weighted by atomic mass is 9.99. The number of piperidine rings is 1. The molecule has 32 heavy (non-hydrogen) atoms. The molecule has 4 rings (SSSR count). The number of likely N-dealkylation sites (tertiary alicyclic amines) is 1. The summed E-state index contributed by atoms with van der Waals surface area (Å²) in [6, 6.07) is 14.6. The molecule has 1 N–H and O–H groups in total. The van der Waals surface area contributed by atoms with Crippen molar-refractivity contribution in [1.29, 1.82) is 0 Å². The van der Waals surface area contributed by atoms with Crippen molar-refractivity contribution in [2.75, 3.05) is 25.0 Å². The number of benzene rings is 2. The van der Waals surface area contributed by atoms with Crippen LogP contribution in [0.4, 0.5) is 5.69 Å². The first-order valence-corrected chi connectivity index (χ1v) is 11.5. The summed E-state index contributed by atoms with van der Waals surface area (Å²) in [5.41, 5.74) is 1.68. The number of rotatable bonds is 6. The second kappa shape index (κ2) is 10.1. The predicted molar refractivity (Wildman–Crippen MR) is 125 cm³/mol. The quantitative estimate of drug-likeness (QED) is 0.571. The largest absolute Gasteiger partial charge is 0.484 e. The molecule has 9 heteroatoms. The number of carbonyl (C=O) groups excluding carboxylic acids is 2. The standard InChI is InChI=1S/C23H23ClN4O3S/c1-15-5-2-9-19(11-15)31-14-20(29)28-10-4-6-16(13-28)22-26-27-23(32-22)21(30)25-18-8-3-7-17(24)12-18/h2-3,5,7-9,11-12,16H,4,6,10,13-14H2,1H3,(H,25,30)/t16-/m0/s1. The van der Waals surface area contributed by atoms with Gasteiger partial charge in [-0.25, -0.2) is 0 Å². The van der Waals surface area contributed by atoms with Gasteiger partial charge in [0.25, 0.3) is 11.8 Å². The molecule has 2 amide bonds. The van der Waals surface area contributed by atoms with E-state index >= 15 is 0 Å². The summed E-state index contributed by atoms with van der Waals surface area (Å²) in [5.74, 6) is 0.356. The van der Waals surface area contributed by atoms with E-state index in [1.807, 2.05) is 31.2 Å². The minimum Gasteiger partial charge on any atom is -0.484 e. The number of halogens is 1. The molecule has 1 fully saturated rings. The van der Waals surface area contributed by atoms with E-state index in [2.05, 4.69) is 15.5 Å². The number of hydrogen-bond acceptors (Lipinski definition) is 6. The first kappa shape index (κ1) is 22.2. The van der Waals surface area contributed by atoms with E-state index in [4.69, 9.17) is 16.3 Å². The molecule has 7 nitrogen and oxygen atoms in total. The lowest BCUT2D eigenvalue weighted by Crippen LogP contribution is -2.41. The minimum absolute atomic E-state index is 0.000413. The van der Waals surface area contributed by atoms with Crippen molar-refractivity contribution in [3.63, 3.8) is 0 Å². The molecule has 2 aromatic carbocycles. The third-order valence-corrected chi connectivity index (χ3v) is 6.51. The number of carbonyl (C=O) groups is 2. The van der Waals surface area contributed by atoms with Gasteiger partial charge in [-0.05, 0) is 55.7 Å². The monoisotopic (exact) mass is 470 g/mol. The zero-order valence-electron chi connectivity index (χ0n) is 17.6. The van der Waals surface area contributed by atoms with Crippen molar-refractivity contribution in [2.45, 2.75) is 25.7 Å². The Kier molecular flexibility index (Phi) is 7.02. The highest BCUT2D eigenvalue weighted by molar-refractivity contribution is 7.13.